The maximum atomic E-state index is 12.8. The Kier molecular flexibility index (Phi) is 4.79. The quantitative estimate of drug-likeness (QED) is 0.776. The SMILES string of the molecule is CC(=O)Nc1cccc(-n2ncc(=O)n(Cc3ccc(C)cc3)c2=O)c1. The molecule has 132 valence electrons. The van der Waals surface area contributed by atoms with Crippen LogP contribution in [-0.2, 0) is 11.3 Å². The zero-order valence-electron chi connectivity index (χ0n) is 14.5. The van der Waals surface area contributed by atoms with E-state index in [4.69, 9.17) is 0 Å². The van der Waals surface area contributed by atoms with Gasteiger partial charge in [0.2, 0.25) is 5.91 Å². The van der Waals surface area contributed by atoms with Crippen LogP contribution in [0.25, 0.3) is 5.69 Å². The Bertz CT molecular complexity index is 1070. The van der Waals surface area contributed by atoms with Gasteiger partial charge in [-0.25, -0.2) is 4.79 Å². The molecule has 0 aliphatic carbocycles. The summed E-state index contributed by atoms with van der Waals surface area (Å²) in [7, 11) is 0. The monoisotopic (exact) mass is 350 g/mol. The van der Waals surface area contributed by atoms with Crippen LogP contribution in [0.2, 0.25) is 0 Å². The van der Waals surface area contributed by atoms with Gasteiger partial charge < -0.3 is 5.32 Å². The molecule has 1 amide bonds. The van der Waals surface area contributed by atoms with Gasteiger partial charge in [0.25, 0.3) is 5.56 Å². The molecule has 0 aliphatic heterocycles. The second-order valence-corrected chi connectivity index (χ2v) is 5.98. The molecule has 26 heavy (non-hydrogen) atoms. The highest BCUT2D eigenvalue weighted by atomic mass is 16.2. The first kappa shape index (κ1) is 17.3. The number of benzene rings is 2. The van der Waals surface area contributed by atoms with E-state index in [9.17, 15) is 14.4 Å². The molecule has 0 saturated carbocycles. The van der Waals surface area contributed by atoms with Crippen molar-refractivity contribution in [2.75, 3.05) is 5.32 Å². The van der Waals surface area contributed by atoms with Gasteiger partial charge >= 0.3 is 5.69 Å². The summed E-state index contributed by atoms with van der Waals surface area (Å²) in [6.45, 7) is 3.53. The normalized spacial score (nSPS) is 10.5. The Morgan fingerprint density at radius 2 is 1.85 bits per heavy atom. The van der Waals surface area contributed by atoms with Gasteiger partial charge in [0, 0.05) is 12.6 Å². The minimum atomic E-state index is -0.543. The van der Waals surface area contributed by atoms with E-state index in [1.54, 1.807) is 24.3 Å². The molecule has 7 heteroatoms. The van der Waals surface area contributed by atoms with E-state index in [1.807, 2.05) is 31.2 Å². The Morgan fingerprint density at radius 1 is 1.12 bits per heavy atom. The fraction of sp³-hybridized carbons (Fsp3) is 0.158. The van der Waals surface area contributed by atoms with Gasteiger partial charge in [-0.15, -0.1) is 0 Å². The van der Waals surface area contributed by atoms with Gasteiger partial charge in [-0.3, -0.25) is 14.2 Å². The third-order valence-electron chi connectivity index (χ3n) is 3.83. The number of hydrogen-bond acceptors (Lipinski definition) is 4. The molecule has 0 aliphatic rings. The molecule has 1 heterocycles. The largest absolute Gasteiger partial charge is 0.352 e. The summed E-state index contributed by atoms with van der Waals surface area (Å²) >= 11 is 0. The number of nitrogens with one attached hydrogen (secondary N) is 1. The van der Waals surface area contributed by atoms with Crippen LogP contribution in [0.3, 0.4) is 0 Å². The third-order valence-corrected chi connectivity index (χ3v) is 3.83. The van der Waals surface area contributed by atoms with Crippen molar-refractivity contribution in [3.05, 3.63) is 86.7 Å². The number of anilines is 1. The number of hydrogen-bond donors (Lipinski definition) is 1. The average Bonchev–Trinajstić information content (AvgIpc) is 2.60. The zero-order valence-corrected chi connectivity index (χ0v) is 14.5. The van der Waals surface area contributed by atoms with Crippen LogP contribution in [0.15, 0.2) is 64.3 Å². The molecule has 0 atom stereocenters. The molecule has 1 aromatic heterocycles. The Morgan fingerprint density at radius 3 is 2.54 bits per heavy atom. The molecule has 3 aromatic rings. The molecular weight excluding hydrogens is 332 g/mol. The number of nitrogens with zero attached hydrogens (tertiary/aromatic N) is 3. The molecular formula is C19H18N4O3. The minimum absolute atomic E-state index is 0.159. The van der Waals surface area contributed by atoms with Gasteiger partial charge in [0.05, 0.1) is 12.2 Å². The first-order chi connectivity index (χ1) is 12.4. The Labute approximate surface area is 149 Å². The zero-order chi connectivity index (χ0) is 18.7. The van der Waals surface area contributed by atoms with Crippen LogP contribution in [0.4, 0.5) is 5.69 Å². The molecule has 0 bridgehead atoms. The minimum Gasteiger partial charge on any atom is -0.326 e. The maximum absolute atomic E-state index is 12.8. The summed E-state index contributed by atoms with van der Waals surface area (Å²) in [4.78, 5) is 36.1. The van der Waals surface area contributed by atoms with Crippen molar-refractivity contribution in [1.82, 2.24) is 14.3 Å². The van der Waals surface area contributed by atoms with E-state index < -0.39 is 11.2 Å². The second kappa shape index (κ2) is 7.18. The van der Waals surface area contributed by atoms with E-state index in [-0.39, 0.29) is 12.5 Å². The molecule has 0 fully saturated rings. The van der Waals surface area contributed by atoms with Gasteiger partial charge in [-0.2, -0.15) is 9.78 Å². The van der Waals surface area contributed by atoms with E-state index in [2.05, 4.69) is 10.4 Å². The van der Waals surface area contributed by atoms with Crippen molar-refractivity contribution in [3.63, 3.8) is 0 Å². The second-order valence-electron chi connectivity index (χ2n) is 5.98. The molecule has 3 rings (SSSR count). The highest BCUT2D eigenvalue weighted by molar-refractivity contribution is 5.88. The summed E-state index contributed by atoms with van der Waals surface area (Å²) < 4.78 is 2.27. The van der Waals surface area contributed by atoms with Crippen molar-refractivity contribution < 1.29 is 4.79 Å². The lowest BCUT2D eigenvalue weighted by Gasteiger charge is -2.10. The first-order valence-corrected chi connectivity index (χ1v) is 8.07. The maximum Gasteiger partial charge on any atom is 0.352 e. The molecule has 2 aromatic carbocycles. The molecule has 0 saturated heterocycles. The van der Waals surface area contributed by atoms with Crippen LogP contribution in [-0.4, -0.2) is 20.3 Å². The molecule has 1 N–H and O–H groups in total. The van der Waals surface area contributed by atoms with Crippen LogP contribution in [0, 0.1) is 6.92 Å². The number of aromatic nitrogens is 3. The van der Waals surface area contributed by atoms with E-state index in [1.165, 1.54) is 6.92 Å². The summed E-state index contributed by atoms with van der Waals surface area (Å²) in [5.74, 6) is -0.216. The number of amides is 1. The lowest BCUT2D eigenvalue weighted by Crippen LogP contribution is -2.40. The summed E-state index contributed by atoms with van der Waals surface area (Å²) in [5, 5.41) is 6.60. The summed E-state index contributed by atoms with van der Waals surface area (Å²) in [6, 6.07) is 14.3. The number of rotatable bonds is 4. The van der Waals surface area contributed by atoms with Gasteiger partial charge in [-0.1, -0.05) is 35.9 Å². The molecule has 0 radical (unpaired) electrons. The lowest BCUT2D eigenvalue weighted by atomic mass is 10.1. The summed E-state index contributed by atoms with van der Waals surface area (Å²) in [6.07, 6.45) is 1.11. The van der Waals surface area contributed by atoms with Crippen molar-refractivity contribution in [3.8, 4) is 5.69 Å². The van der Waals surface area contributed by atoms with Crippen molar-refractivity contribution >= 4 is 11.6 Å². The molecule has 0 spiro atoms. The van der Waals surface area contributed by atoms with E-state index in [0.717, 1.165) is 26.6 Å². The third kappa shape index (κ3) is 3.77. The fourth-order valence-electron chi connectivity index (χ4n) is 2.55. The van der Waals surface area contributed by atoms with E-state index in [0.29, 0.717) is 11.4 Å². The first-order valence-electron chi connectivity index (χ1n) is 8.07. The number of carbonyl (C=O) groups is 1. The lowest BCUT2D eigenvalue weighted by molar-refractivity contribution is -0.114. The predicted octanol–water partition coefficient (Wildman–Crippen LogP) is 1.71. The molecule has 7 nitrogen and oxygen atoms in total. The van der Waals surface area contributed by atoms with E-state index >= 15 is 0 Å². The van der Waals surface area contributed by atoms with Crippen LogP contribution < -0.4 is 16.6 Å². The number of aryl methyl sites for hydroxylation is 1. The highest BCUT2D eigenvalue weighted by Gasteiger charge is 2.10. The van der Waals surface area contributed by atoms with Crippen molar-refractivity contribution in [2.45, 2.75) is 20.4 Å². The fourth-order valence-corrected chi connectivity index (χ4v) is 2.55. The smallest absolute Gasteiger partial charge is 0.326 e. The van der Waals surface area contributed by atoms with Crippen LogP contribution in [0.1, 0.15) is 18.1 Å². The van der Waals surface area contributed by atoms with Gasteiger partial charge in [0.15, 0.2) is 0 Å². The predicted molar refractivity (Wildman–Crippen MR) is 98.7 cm³/mol. The van der Waals surface area contributed by atoms with Crippen LogP contribution in [0.5, 0.6) is 0 Å². The topological polar surface area (TPSA) is 86.0 Å². The van der Waals surface area contributed by atoms with Crippen molar-refractivity contribution in [2.24, 2.45) is 0 Å². The summed E-state index contributed by atoms with van der Waals surface area (Å²) in [5.41, 5.74) is 1.93. The van der Waals surface area contributed by atoms with Crippen molar-refractivity contribution in [1.29, 1.82) is 0 Å². The standard InChI is InChI=1S/C19H18N4O3/c1-13-6-8-15(9-7-13)12-22-18(25)11-20-23(19(22)26)17-5-3-4-16(10-17)21-14(2)24/h3-11H,12H2,1-2H3,(H,21,24). The van der Waals surface area contributed by atoms with Gasteiger partial charge in [-0.05, 0) is 30.7 Å². The average molecular weight is 350 g/mol. The van der Waals surface area contributed by atoms with Crippen LogP contribution >= 0.6 is 0 Å². The Balaban J connectivity index is 2.02. The number of carbonyl (C=O) groups excluding carboxylic acids is 1. The Hall–Kier alpha value is -3.48. The van der Waals surface area contributed by atoms with Gasteiger partial charge in [0.1, 0.15) is 6.20 Å². The highest BCUT2D eigenvalue weighted by Crippen LogP contribution is 2.12. The molecule has 0 unspecified atom stereocenters.